The highest BCUT2D eigenvalue weighted by Gasteiger charge is 2.53. The molecule has 35 nitrogen and oxygen atoms in total. The Hall–Kier alpha value is -10.1. The number of hydrogen-bond donors (Lipinski definition) is 19. The van der Waals surface area contributed by atoms with Crippen LogP contribution in [0.4, 0.5) is 4.79 Å². The van der Waals surface area contributed by atoms with Crippen molar-refractivity contribution in [2.45, 2.75) is 194 Å². The van der Waals surface area contributed by atoms with Crippen molar-refractivity contribution < 1.29 is 127 Å². The van der Waals surface area contributed by atoms with Crippen molar-refractivity contribution in [1.29, 1.82) is 0 Å². The summed E-state index contributed by atoms with van der Waals surface area (Å²) in [7, 11) is 1.47. The third-order valence-corrected chi connectivity index (χ3v) is 20.7. The zero-order valence-electron chi connectivity index (χ0n) is 60.8. The zero-order valence-corrected chi connectivity index (χ0v) is 62.3. The molecule has 5 aromatic rings. The van der Waals surface area contributed by atoms with Crippen LogP contribution in [0, 0.1) is 5.92 Å². The lowest BCUT2D eigenvalue weighted by atomic mass is 9.85. The Morgan fingerprint density at radius 1 is 0.714 bits per heavy atom. The molecular formula is C75H87Cl2N9O26. The van der Waals surface area contributed by atoms with Gasteiger partial charge in [-0.3, -0.25) is 33.6 Å². The minimum Gasteiger partial charge on any atom is -0.508 e. The topological polar surface area (TPSA) is 543 Å². The molecule has 8 aliphatic rings. The first-order valence-corrected chi connectivity index (χ1v) is 36.7. The first-order valence-electron chi connectivity index (χ1n) is 36.0. The lowest BCUT2D eigenvalue weighted by Gasteiger charge is -2.48. The first-order chi connectivity index (χ1) is 53.1. The summed E-state index contributed by atoms with van der Waals surface area (Å²) in [6.07, 6.45) is -13.6. The third kappa shape index (κ3) is 18.3. The van der Waals surface area contributed by atoms with Crippen LogP contribution in [0.25, 0.3) is 11.1 Å². The van der Waals surface area contributed by atoms with Gasteiger partial charge in [0, 0.05) is 29.2 Å². The Morgan fingerprint density at radius 2 is 1.36 bits per heavy atom. The summed E-state index contributed by atoms with van der Waals surface area (Å²) < 4.78 is 44.8. The number of benzene rings is 5. The number of likely N-dealkylation sites (N-methyl/N-ethyl adjacent to an activating group) is 1. The first kappa shape index (κ1) is 82.8. The van der Waals surface area contributed by atoms with Gasteiger partial charge in [0.15, 0.2) is 29.9 Å². The number of aromatic hydroxyl groups is 3. The number of amides is 8. The van der Waals surface area contributed by atoms with Crippen LogP contribution in [0.1, 0.15) is 137 Å². The predicted octanol–water partition coefficient (Wildman–Crippen LogP) is 2.76. The van der Waals surface area contributed by atoms with Gasteiger partial charge in [-0.15, -0.1) is 0 Å². The van der Waals surface area contributed by atoms with Crippen LogP contribution in [0.15, 0.2) is 91.0 Å². The molecule has 20 N–H and O–H groups in total. The van der Waals surface area contributed by atoms with Gasteiger partial charge in [-0.1, -0.05) is 67.7 Å². The van der Waals surface area contributed by atoms with Gasteiger partial charge in [0.1, 0.15) is 102 Å². The molecule has 2 saturated heterocycles. The normalized spacial score (nSPS) is 29.4. The van der Waals surface area contributed by atoms with Gasteiger partial charge >= 0.3 is 12.1 Å². The van der Waals surface area contributed by atoms with Crippen LogP contribution >= 0.6 is 23.2 Å². The number of rotatable bonds is 15. The molecule has 19 atom stereocenters. The fourth-order valence-electron chi connectivity index (χ4n) is 14.2. The van der Waals surface area contributed by atoms with E-state index in [0.717, 1.165) is 92.4 Å². The van der Waals surface area contributed by atoms with Crippen LogP contribution in [0.3, 0.4) is 0 Å². The second-order valence-electron chi connectivity index (χ2n) is 28.8. The number of carboxylic acid groups (broad SMARTS) is 1. The Labute approximate surface area is 649 Å². The number of aliphatic carboxylic acids is 1. The number of alkyl carbamates (subject to hydrolysis) is 1. The highest BCUT2D eigenvalue weighted by atomic mass is 35.5. The van der Waals surface area contributed by atoms with E-state index >= 15 is 14.4 Å². The van der Waals surface area contributed by atoms with Crippen molar-refractivity contribution in [3.8, 4) is 57.1 Å². The number of fused-ring (bicyclic) bond motifs is 15. The number of aliphatic hydroxyl groups excluding tert-OH is 6. The van der Waals surface area contributed by atoms with Gasteiger partial charge in [0.05, 0.1) is 40.8 Å². The van der Waals surface area contributed by atoms with Crippen molar-refractivity contribution in [3.05, 3.63) is 129 Å². The number of nitrogens with one attached hydrogen (secondary N) is 8. The minimum atomic E-state index is -2.38. The van der Waals surface area contributed by atoms with Crippen molar-refractivity contribution in [3.63, 3.8) is 0 Å². The van der Waals surface area contributed by atoms with Crippen molar-refractivity contribution in [2.24, 2.45) is 11.7 Å². The highest BCUT2D eigenvalue weighted by molar-refractivity contribution is 6.32. The van der Waals surface area contributed by atoms with Gasteiger partial charge in [0.25, 0.3) is 0 Å². The number of carboxylic acids is 1. The molecule has 602 valence electrons. The van der Waals surface area contributed by atoms with Crippen molar-refractivity contribution >= 4 is 76.6 Å². The molecule has 7 heterocycles. The number of phenolic OH excluding ortho intramolecular Hbond substituents is 3. The molecule has 0 radical (unpaired) electrons. The number of ether oxygens (including phenoxy) is 7. The Balaban J connectivity index is 1.12. The van der Waals surface area contributed by atoms with E-state index in [0.29, 0.717) is 6.42 Å². The SMILES string of the molecule is CN[C@H](CC(C)C)C(=O)N[C@H]1C(=O)N[C@@H](CC(N)=O)C(=O)N[C@H]2C(=O)N[C@H]3C(=O)N[C@H](C(=O)N[C@H](C(=O)O)c4cc(O)cc(O)c4-c4cc3ccc4O)C(O)c3ccc(c(Cl)c3)Oc3cc2cc(c3O[C@@H]2O[C@H](CO)[C@@H](O)[C@H](O)[C@H]2OC2C[C@](C)(NC(=O)OC3/C=C/CCCCC3)[C@H](O)[C@H](C)O2)Oc2ccc(cc2Cl)[C@H]1O. The van der Waals surface area contributed by atoms with Gasteiger partial charge in [-0.05, 0) is 142 Å². The number of halogens is 2. The molecule has 37 heteroatoms. The van der Waals surface area contributed by atoms with Gasteiger partial charge in [0.2, 0.25) is 53.4 Å². The third-order valence-electron chi connectivity index (χ3n) is 20.1. The van der Waals surface area contributed by atoms with E-state index in [1.54, 1.807) is 6.08 Å². The average molecular weight is 1600 g/mol. The molecule has 0 spiro atoms. The molecule has 5 aromatic carbocycles. The molecule has 1 aliphatic carbocycles. The fourth-order valence-corrected chi connectivity index (χ4v) is 14.7. The van der Waals surface area contributed by atoms with Crippen LogP contribution < -0.4 is 62.5 Å². The van der Waals surface area contributed by atoms with E-state index in [-0.39, 0.29) is 39.8 Å². The molecule has 13 rings (SSSR count). The summed E-state index contributed by atoms with van der Waals surface area (Å²) in [6.45, 7) is 5.56. The van der Waals surface area contributed by atoms with E-state index < -0.39 is 256 Å². The number of carbonyl (C=O) groups excluding carboxylic acids is 8. The number of nitrogens with two attached hydrogens (primary N) is 1. The Bertz CT molecular complexity index is 4480. The standard InChI is InChI=1S/C75H87Cl2N9O26/c1-30(2)19-42(79-5)66(97)84-57-59(92)33-14-17-46(40(76)21-33)108-48-23-35-24-49(63(48)112-73-64(62(95)61(94)50(29-87)110-73)111-52-28-75(4,65(96)31(3)106-52)86-74(105)107-37-11-9-7-6-8-10-12-37)109-47-18-15-34(22-41(47)77)60(93)58-71(102)83-56(72(103)104)39-25-36(88)26-45(90)53(39)38-20-32(13-16-44(38)89)54(68(99)85-58)82-69(100)55(35)81-67(98)43(27-51(78)91)80-70(57)101/h9,11,13-18,20-26,30-31,37,42-43,50,52,54-62,64-65,73,79,87-90,92-96H,6-8,10,12,19,27-29H2,1-5H3,(H2,78,91)(H,80,101)(H,81,98)(H,82,100)(H,83,102)(H,84,97)(H,85,99)(H,86,105)(H,103,104)/b11-9+/t31-,37?,42+,43-,50+,52?,54+,55+,56-,57+,58-,59+,60?,61+,62-,64+,65+,73-,75-/m0/s1. The molecule has 112 heavy (non-hydrogen) atoms. The molecule has 7 aliphatic heterocycles. The maximum absolute atomic E-state index is 16.2. The Morgan fingerprint density at radius 3 is 1.99 bits per heavy atom. The number of primary amides is 1. The number of allylic oxidation sites excluding steroid dienone is 1. The molecule has 8 amide bonds. The van der Waals surface area contributed by atoms with E-state index in [1.165, 1.54) is 33.0 Å². The van der Waals surface area contributed by atoms with Gasteiger partial charge in [-0.25, -0.2) is 9.59 Å². The van der Waals surface area contributed by atoms with Gasteiger partial charge < -0.3 is 132 Å². The Kier molecular flexibility index (Phi) is 25.8. The van der Waals surface area contributed by atoms with Crippen molar-refractivity contribution in [1.82, 2.24) is 42.5 Å². The number of hydrogen-bond acceptors (Lipinski definition) is 26. The second-order valence-corrected chi connectivity index (χ2v) is 29.6. The average Bonchev–Trinajstić information content (AvgIpc) is 0.842. The van der Waals surface area contributed by atoms with Gasteiger partial charge in [-0.2, -0.15) is 0 Å². The van der Waals surface area contributed by atoms with E-state index in [4.69, 9.17) is 62.1 Å². The van der Waals surface area contributed by atoms with Crippen molar-refractivity contribution in [2.75, 3.05) is 13.7 Å². The van der Waals surface area contributed by atoms with Crippen LogP contribution in [0.5, 0.6) is 46.0 Å². The molecule has 0 saturated carbocycles. The van der Waals surface area contributed by atoms with E-state index in [9.17, 15) is 79.8 Å². The maximum Gasteiger partial charge on any atom is 0.408 e. The summed E-state index contributed by atoms with van der Waals surface area (Å²) in [5.74, 6) is -16.3. The summed E-state index contributed by atoms with van der Waals surface area (Å²) in [4.78, 5) is 131. The number of carbonyl (C=O) groups is 9. The maximum atomic E-state index is 16.2. The van der Waals surface area contributed by atoms with Crippen LogP contribution in [-0.2, 0) is 57.3 Å². The summed E-state index contributed by atoms with van der Waals surface area (Å²) in [5.41, 5.74) is 1.21. The lowest BCUT2D eigenvalue weighted by Crippen LogP contribution is -2.66. The van der Waals surface area contributed by atoms with E-state index in [1.807, 2.05) is 19.9 Å². The van der Waals surface area contributed by atoms with E-state index in [2.05, 4.69) is 42.5 Å². The highest BCUT2D eigenvalue weighted by Crippen LogP contribution is 2.50. The smallest absolute Gasteiger partial charge is 0.408 e. The number of phenols is 3. The van der Waals surface area contributed by atoms with Crippen LogP contribution in [-0.4, -0.2) is 203 Å². The quantitative estimate of drug-likeness (QED) is 0.0670. The monoisotopic (exact) mass is 1600 g/mol. The summed E-state index contributed by atoms with van der Waals surface area (Å²) >= 11 is 14.2. The molecular weight excluding hydrogens is 1510 g/mol. The predicted molar refractivity (Wildman–Crippen MR) is 391 cm³/mol. The zero-order chi connectivity index (χ0) is 81.1. The molecule has 3 unspecified atom stereocenters. The van der Waals surface area contributed by atoms with Crippen LogP contribution in [0.2, 0.25) is 10.0 Å². The minimum absolute atomic E-state index is 0.112. The summed E-state index contributed by atoms with van der Waals surface area (Å²) in [6, 6.07) is -0.928. The second kappa shape index (κ2) is 34.9. The lowest BCUT2D eigenvalue weighted by molar-refractivity contribution is -0.334. The largest absolute Gasteiger partial charge is 0.508 e. The fraction of sp³-hybridized carbons (Fsp3) is 0.453. The number of aliphatic hydroxyl groups is 6. The molecule has 0 aromatic heterocycles. The summed E-state index contributed by atoms with van der Waals surface area (Å²) in [5, 5.41) is 135. The molecule has 2 fully saturated rings. The molecule has 11 bridgehead atoms.